The average Bonchev–Trinajstić information content (AvgIpc) is 3.11. The molecule has 0 radical (unpaired) electrons. The van der Waals surface area contributed by atoms with Crippen LogP contribution in [0.25, 0.3) is 0 Å². The van der Waals surface area contributed by atoms with Gasteiger partial charge < -0.3 is 4.74 Å². The molecule has 0 aromatic heterocycles. The van der Waals surface area contributed by atoms with Crippen molar-refractivity contribution in [2.75, 3.05) is 6.61 Å². The fourth-order valence-corrected chi connectivity index (χ4v) is 2.65. The van der Waals surface area contributed by atoms with Gasteiger partial charge in [-0.1, -0.05) is 12.8 Å². The van der Waals surface area contributed by atoms with Gasteiger partial charge in [0, 0.05) is 22.8 Å². The quantitative estimate of drug-likeness (QED) is 0.458. The Morgan fingerprint density at radius 1 is 1.42 bits per heavy atom. The number of non-ortho nitro benzene ring substituents is 1. The van der Waals surface area contributed by atoms with Gasteiger partial charge in [0.25, 0.3) is 14.7 Å². The zero-order valence-corrected chi connectivity index (χ0v) is 11.5. The second-order valence-electron chi connectivity index (χ2n) is 4.41. The molecule has 0 aliphatic heterocycles. The molecule has 2 rings (SSSR count). The van der Waals surface area contributed by atoms with Crippen LogP contribution in [0.2, 0.25) is 0 Å². The highest BCUT2D eigenvalue weighted by atomic mass is 35.7. The molecule has 104 valence electrons. The Morgan fingerprint density at radius 3 is 2.63 bits per heavy atom. The molecule has 0 amide bonds. The maximum absolute atomic E-state index is 11.4. The van der Waals surface area contributed by atoms with Gasteiger partial charge in [-0.05, 0) is 18.4 Å². The lowest BCUT2D eigenvalue weighted by Crippen LogP contribution is -2.03. The van der Waals surface area contributed by atoms with Gasteiger partial charge in [0.15, 0.2) is 0 Å². The molecule has 1 aliphatic rings. The van der Waals surface area contributed by atoms with E-state index in [2.05, 4.69) is 0 Å². The van der Waals surface area contributed by atoms with Gasteiger partial charge in [-0.2, -0.15) is 0 Å². The van der Waals surface area contributed by atoms with Crippen molar-refractivity contribution in [2.45, 2.75) is 24.2 Å². The summed E-state index contributed by atoms with van der Waals surface area (Å²) in [5.41, 5.74) is -0.339. The van der Waals surface area contributed by atoms with E-state index in [0.29, 0.717) is 12.5 Å². The van der Waals surface area contributed by atoms with Crippen LogP contribution < -0.4 is 4.74 Å². The largest absolute Gasteiger partial charge is 0.492 e. The first-order valence-corrected chi connectivity index (χ1v) is 8.05. The molecular formula is C11H12ClNO5S. The number of nitro benzene ring substituents is 1. The predicted octanol–water partition coefficient (Wildman–Crippen LogP) is 2.70. The molecule has 1 saturated carbocycles. The highest BCUT2D eigenvalue weighted by molar-refractivity contribution is 8.13. The van der Waals surface area contributed by atoms with E-state index in [1.54, 1.807) is 0 Å². The van der Waals surface area contributed by atoms with E-state index in [1.807, 2.05) is 0 Å². The number of nitrogens with zero attached hydrogens (tertiary/aromatic N) is 1. The Balaban J connectivity index is 2.22. The van der Waals surface area contributed by atoms with Gasteiger partial charge in [-0.15, -0.1) is 0 Å². The maximum atomic E-state index is 11.4. The number of nitro groups is 1. The standard InChI is InChI=1S/C11H12ClNO5S/c12-19(16,17)11-7-9(13(14)15)3-4-10(11)18-6-5-8-1-2-8/h3-4,7-8H,1-2,5-6H2. The van der Waals surface area contributed by atoms with Crippen molar-refractivity contribution >= 4 is 25.4 Å². The first-order valence-electron chi connectivity index (χ1n) is 5.74. The number of hydrogen-bond acceptors (Lipinski definition) is 5. The molecule has 1 fully saturated rings. The van der Waals surface area contributed by atoms with Gasteiger partial charge in [0.05, 0.1) is 11.5 Å². The second kappa shape index (κ2) is 5.34. The van der Waals surface area contributed by atoms with Crippen molar-refractivity contribution in [3.05, 3.63) is 28.3 Å². The van der Waals surface area contributed by atoms with Crippen molar-refractivity contribution in [1.82, 2.24) is 0 Å². The fourth-order valence-electron chi connectivity index (χ4n) is 1.66. The van der Waals surface area contributed by atoms with E-state index >= 15 is 0 Å². The average molecular weight is 306 g/mol. The van der Waals surface area contributed by atoms with Crippen molar-refractivity contribution in [1.29, 1.82) is 0 Å². The summed E-state index contributed by atoms with van der Waals surface area (Å²) in [6, 6.07) is 3.37. The summed E-state index contributed by atoms with van der Waals surface area (Å²) in [6.45, 7) is 0.377. The zero-order chi connectivity index (χ0) is 14.0. The molecule has 1 aromatic rings. The highest BCUT2D eigenvalue weighted by Crippen LogP contribution is 2.34. The lowest BCUT2D eigenvalue weighted by atomic mass is 10.3. The Labute approximate surface area is 114 Å². The van der Waals surface area contributed by atoms with Crippen LogP contribution in [0.1, 0.15) is 19.3 Å². The molecule has 8 heteroatoms. The Kier molecular flexibility index (Phi) is 3.96. The van der Waals surface area contributed by atoms with Gasteiger partial charge in [0.1, 0.15) is 10.6 Å². The van der Waals surface area contributed by atoms with E-state index in [0.717, 1.165) is 12.5 Å². The molecule has 0 atom stereocenters. The van der Waals surface area contributed by atoms with Crippen LogP contribution in [-0.2, 0) is 9.05 Å². The third-order valence-corrected chi connectivity index (χ3v) is 4.22. The van der Waals surface area contributed by atoms with Gasteiger partial charge in [0.2, 0.25) is 0 Å². The van der Waals surface area contributed by atoms with Gasteiger partial charge in [-0.25, -0.2) is 8.42 Å². The minimum absolute atomic E-state index is 0.0567. The normalized spacial score (nSPS) is 15.2. The summed E-state index contributed by atoms with van der Waals surface area (Å²) in [4.78, 5) is 9.59. The topological polar surface area (TPSA) is 86.5 Å². The summed E-state index contributed by atoms with van der Waals surface area (Å²) in [5.74, 6) is 0.704. The Bertz CT molecular complexity index is 597. The minimum atomic E-state index is -4.08. The first-order chi connectivity index (χ1) is 8.88. The molecule has 0 unspecified atom stereocenters. The summed E-state index contributed by atoms with van der Waals surface area (Å²) in [7, 11) is 1.18. The van der Waals surface area contributed by atoms with E-state index in [4.69, 9.17) is 15.4 Å². The first kappa shape index (κ1) is 14.1. The fraction of sp³-hybridized carbons (Fsp3) is 0.455. The molecule has 1 aromatic carbocycles. The van der Waals surface area contributed by atoms with Crippen LogP contribution in [0.4, 0.5) is 5.69 Å². The summed E-state index contributed by atoms with van der Waals surface area (Å²) >= 11 is 0. The van der Waals surface area contributed by atoms with Crippen LogP contribution in [0.5, 0.6) is 5.75 Å². The molecule has 0 bridgehead atoms. The van der Waals surface area contributed by atoms with Crippen molar-refractivity contribution < 1.29 is 18.1 Å². The Hall–Kier alpha value is -1.34. The third kappa shape index (κ3) is 3.81. The van der Waals surface area contributed by atoms with Crippen molar-refractivity contribution in [3.63, 3.8) is 0 Å². The summed E-state index contributed by atoms with van der Waals surface area (Å²) in [5, 5.41) is 10.6. The Morgan fingerprint density at radius 2 is 2.11 bits per heavy atom. The van der Waals surface area contributed by atoms with Crippen molar-refractivity contribution in [3.8, 4) is 5.75 Å². The molecule has 0 N–H and O–H groups in total. The molecule has 0 heterocycles. The second-order valence-corrected chi connectivity index (χ2v) is 6.94. The molecule has 0 spiro atoms. The zero-order valence-electron chi connectivity index (χ0n) is 9.91. The van der Waals surface area contributed by atoms with E-state index in [-0.39, 0.29) is 16.3 Å². The van der Waals surface area contributed by atoms with Crippen LogP contribution in [0.3, 0.4) is 0 Å². The van der Waals surface area contributed by atoms with Crippen LogP contribution in [-0.4, -0.2) is 19.9 Å². The van der Waals surface area contributed by atoms with Crippen molar-refractivity contribution in [2.24, 2.45) is 5.92 Å². The van der Waals surface area contributed by atoms with Gasteiger partial charge >= 0.3 is 0 Å². The summed E-state index contributed by atoms with van der Waals surface area (Å²) < 4.78 is 28.2. The van der Waals surface area contributed by atoms with Crippen LogP contribution >= 0.6 is 10.7 Å². The monoisotopic (exact) mass is 305 g/mol. The molecule has 1 aliphatic carbocycles. The van der Waals surface area contributed by atoms with E-state index < -0.39 is 14.0 Å². The van der Waals surface area contributed by atoms with Gasteiger partial charge in [-0.3, -0.25) is 10.1 Å². The lowest BCUT2D eigenvalue weighted by molar-refractivity contribution is -0.385. The highest BCUT2D eigenvalue weighted by Gasteiger charge is 2.23. The van der Waals surface area contributed by atoms with Crippen LogP contribution in [0, 0.1) is 16.0 Å². The third-order valence-electron chi connectivity index (χ3n) is 2.88. The smallest absolute Gasteiger partial charge is 0.271 e. The predicted molar refractivity (Wildman–Crippen MR) is 69.0 cm³/mol. The molecule has 0 saturated heterocycles. The minimum Gasteiger partial charge on any atom is -0.492 e. The van der Waals surface area contributed by atoms with E-state index in [1.165, 1.54) is 25.0 Å². The van der Waals surface area contributed by atoms with Crippen LogP contribution in [0.15, 0.2) is 23.1 Å². The molecule has 19 heavy (non-hydrogen) atoms. The number of hydrogen-bond donors (Lipinski definition) is 0. The maximum Gasteiger partial charge on any atom is 0.271 e. The number of benzene rings is 1. The van der Waals surface area contributed by atoms with E-state index in [9.17, 15) is 18.5 Å². The molecule has 6 nitrogen and oxygen atoms in total. The number of rotatable bonds is 6. The SMILES string of the molecule is O=[N+]([O-])c1ccc(OCCC2CC2)c(S(=O)(=O)Cl)c1. The number of ether oxygens (including phenoxy) is 1. The number of halogens is 1. The molecular weight excluding hydrogens is 294 g/mol. The lowest BCUT2D eigenvalue weighted by Gasteiger charge is -2.09. The summed E-state index contributed by atoms with van der Waals surface area (Å²) in [6.07, 6.45) is 3.19.